The number of nitrogens with one attached hydrogen (secondary N) is 4. The van der Waals surface area contributed by atoms with Crippen molar-refractivity contribution < 1.29 is 38.6 Å². The van der Waals surface area contributed by atoms with Crippen LogP contribution in [0.15, 0.2) is 91.0 Å². The Labute approximate surface area is 312 Å². The minimum absolute atomic E-state index is 0.0319. The third-order valence-corrected chi connectivity index (χ3v) is 8.92. The molecule has 0 aliphatic heterocycles. The summed E-state index contributed by atoms with van der Waals surface area (Å²) in [5.41, 5.74) is 2.47. The van der Waals surface area contributed by atoms with Gasteiger partial charge in [0.1, 0.15) is 24.7 Å². The molecule has 0 radical (unpaired) electrons. The van der Waals surface area contributed by atoms with E-state index in [1.165, 1.54) is 14.0 Å². The number of aliphatic hydroxyl groups is 1. The average Bonchev–Trinajstić information content (AvgIpc) is 3.14. The SMILES string of the molecule is COC(=O)C(NC(=O)[C@H](NC(=O)C(Cc1ccccc1)C[C@H](O)[C@H](Cc1ccccc1)NC(=O)[C@H](C)NC(=O)OCc1ccccc1)C(C)C)C(C)C. The van der Waals surface area contributed by atoms with Crippen molar-refractivity contribution in [1.29, 1.82) is 0 Å². The third-order valence-electron chi connectivity index (χ3n) is 8.92. The lowest BCUT2D eigenvalue weighted by Gasteiger charge is -2.30. The van der Waals surface area contributed by atoms with E-state index >= 15 is 0 Å². The van der Waals surface area contributed by atoms with Crippen molar-refractivity contribution in [2.75, 3.05) is 7.11 Å². The molecule has 0 aliphatic carbocycles. The molecule has 3 aromatic carbocycles. The van der Waals surface area contributed by atoms with Gasteiger partial charge in [-0.05, 0) is 54.7 Å². The van der Waals surface area contributed by atoms with E-state index in [1.54, 1.807) is 27.7 Å². The Bertz CT molecular complexity index is 1600. The first-order chi connectivity index (χ1) is 25.3. The van der Waals surface area contributed by atoms with Gasteiger partial charge < -0.3 is 35.8 Å². The van der Waals surface area contributed by atoms with Crippen molar-refractivity contribution in [3.63, 3.8) is 0 Å². The first kappa shape index (κ1) is 42.2. The number of rotatable bonds is 19. The number of hydrogen-bond donors (Lipinski definition) is 5. The molecule has 0 spiro atoms. The van der Waals surface area contributed by atoms with Crippen LogP contribution >= 0.6 is 0 Å². The van der Waals surface area contributed by atoms with Gasteiger partial charge >= 0.3 is 12.1 Å². The standard InChI is InChI=1S/C41H54N4O8/c1-26(2)35(39(49)45-36(27(3)4)40(50)52-6)44-38(48)32(22-29-16-10-7-11-17-29)24-34(46)33(23-30-18-12-8-13-19-30)43-37(47)28(5)42-41(51)53-25-31-20-14-9-15-21-31/h7-21,26-28,32-36,46H,22-25H2,1-6H3,(H,42,51)(H,43,47)(H,44,48)(H,45,49)/t28-,32?,33-,34-,35+,36?/m0/s1. The second-order valence-electron chi connectivity index (χ2n) is 13.9. The van der Waals surface area contributed by atoms with Gasteiger partial charge in [-0.2, -0.15) is 0 Å². The number of methoxy groups -OCH3 is 1. The molecule has 2 unspecified atom stereocenters. The van der Waals surface area contributed by atoms with Gasteiger partial charge in [0.2, 0.25) is 17.7 Å². The highest BCUT2D eigenvalue weighted by Gasteiger charge is 2.34. The maximum atomic E-state index is 14.1. The summed E-state index contributed by atoms with van der Waals surface area (Å²) in [6.07, 6.45) is -1.58. The van der Waals surface area contributed by atoms with Gasteiger partial charge in [0.25, 0.3) is 0 Å². The fourth-order valence-corrected chi connectivity index (χ4v) is 5.78. The van der Waals surface area contributed by atoms with E-state index in [4.69, 9.17) is 9.47 Å². The van der Waals surface area contributed by atoms with Gasteiger partial charge in [-0.25, -0.2) is 9.59 Å². The molecule has 12 nitrogen and oxygen atoms in total. The van der Waals surface area contributed by atoms with Crippen LogP contribution in [0.25, 0.3) is 0 Å². The molecule has 5 N–H and O–H groups in total. The quantitative estimate of drug-likeness (QED) is 0.115. The molecule has 0 saturated heterocycles. The summed E-state index contributed by atoms with van der Waals surface area (Å²) >= 11 is 0. The average molecular weight is 731 g/mol. The fraction of sp³-hybridized carbons (Fsp3) is 0.439. The van der Waals surface area contributed by atoms with Crippen molar-refractivity contribution in [2.45, 2.75) is 90.8 Å². The molecule has 0 aromatic heterocycles. The Morgan fingerprint density at radius 2 is 1.09 bits per heavy atom. The molecule has 6 atom stereocenters. The number of carbonyl (C=O) groups excluding carboxylic acids is 5. The van der Waals surface area contributed by atoms with E-state index in [9.17, 15) is 29.1 Å². The highest BCUT2D eigenvalue weighted by atomic mass is 16.5. The second kappa shape index (κ2) is 21.3. The Morgan fingerprint density at radius 1 is 0.604 bits per heavy atom. The molecule has 0 heterocycles. The van der Waals surface area contributed by atoms with Gasteiger partial charge in [0.05, 0.1) is 19.3 Å². The maximum absolute atomic E-state index is 14.1. The molecule has 4 amide bonds. The maximum Gasteiger partial charge on any atom is 0.408 e. The van der Waals surface area contributed by atoms with Crippen LogP contribution < -0.4 is 21.3 Å². The zero-order valence-electron chi connectivity index (χ0n) is 31.4. The predicted molar refractivity (Wildman–Crippen MR) is 201 cm³/mol. The van der Waals surface area contributed by atoms with E-state index in [-0.39, 0.29) is 37.7 Å². The van der Waals surface area contributed by atoms with Crippen LogP contribution in [-0.4, -0.2) is 72.3 Å². The lowest BCUT2D eigenvalue weighted by Crippen LogP contribution is -2.56. The van der Waals surface area contributed by atoms with Gasteiger partial charge in [0.15, 0.2) is 0 Å². The zero-order chi connectivity index (χ0) is 38.9. The summed E-state index contributed by atoms with van der Waals surface area (Å²) in [6.45, 7) is 8.67. The fourth-order valence-electron chi connectivity index (χ4n) is 5.78. The van der Waals surface area contributed by atoms with Crippen LogP contribution in [0.2, 0.25) is 0 Å². The minimum Gasteiger partial charge on any atom is -0.467 e. The summed E-state index contributed by atoms with van der Waals surface area (Å²) in [7, 11) is 1.25. The molecular formula is C41H54N4O8. The van der Waals surface area contributed by atoms with Crippen molar-refractivity contribution in [3.05, 3.63) is 108 Å². The van der Waals surface area contributed by atoms with Crippen LogP contribution in [-0.2, 0) is 48.1 Å². The largest absolute Gasteiger partial charge is 0.467 e. The number of carbonyl (C=O) groups is 5. The smallest absolute Gasteiger partial charge is 0.408 e. The first-order valence-corrected chi connectivity index (χ1v) is 18.0. The van der Waals surface area contributed by atoms with Crippen LogP contribution in [0.5, 0.6) is 0 Å². The minimum atomic E-state index is -1.22. The Kier molecular flexibility index (Phi) is 17.0. The molecule has 0 saturated carbocycles. The lowest BCUT2D eigenvalue weighted by molar-refractivity contribution is -0.147. The van der Waals surface area contributed by atoms with Crippen molar-refractivity contribution >= 4 is 29.8 Å². The van der Waals surface area contributed by atoms with E-state index in [0.29, 0.717) is 0 Å². The number of aliphatic hydroxyl groups excluding tert-OH is 1. The molecule has 53 heavy (non-hydrogen) atoms. The molecule has 0 aliphatic rings. The van der Waals surface area contributed by atoms with Crippen molar-refractivity contribution in [3.8, 4) is 0 Å². The molecule has 0 bridgehead atoms. The summed E-state index contributed by atoms with van der Waals surface area (Å²) < 4.78 is 10.1. The van der Waals surface area contributed by atoms with E-state index in [1.807, 2.05) is 91.0 Å². The molecule has 0 fully saturated rings. The van der Waals surface area contributed by atoms with Gasteiger partial charge in [-0.3, -0.25) is 14.4 Å². The monoisotopic (exact) mass is 730 g/mol. The van der Waals surface area contributed by atoms with Gasteiger partial charge in [0, 0.05) is 5.92 Å². The second-order valence-corrected chi connectivity index (χ2v) is 13.9. The summed E-state index contributed by atoms with van der Waals surface area (Å²) in [4.78, 5) is 65.8. The zero-order valence-corrected chi connectivity index (χ0v) is 31.4. The first-order valence-electron chi connectivity index (χ1n) is 18.0. The number of alkyl carbamates (subject to hydrolysis) is 1. The van der Waals surface area contributed by atoms with E-state index in [0.717, 1.165) is 16.7 Å². The Balaban J connectivity index is 1.80. The van der Waals surface area contributed by atoms with Gasteiger partial charge in [-0.1, -0.05) is 119 Å². The predicted octanol–water partition coefficient (Wildman–Crippen LogP) is 4.09. The van der Waals surface area contributed by atoms with Crippen LogP contribution in [0.4, 0.5) is 4.79 Å². The molecule has 286 valence electrons. The number of benzene rings is 3. The molecular weight excluding hydrogens is 676 g/mol. The van der Waals surface area contributed by atoms with E-state index < -0.39 is 66.0 Å². The lowest BCUT2D eigenvalue weighted by atomic mass is 9.88. The normalized spacial score (nSPS) is 14.5. The molecule has 3 aromatic rings. The number of esters is 1. The van der Waals surface area contributed by atoms with Crippen LogP contribution in [0.1, 0.15) is 57.7 Å². The molecule has 12 heteroatoms. The Hall–Kier alpha value is -5.23. The van der Waals surface area contributed by atoms with Crippen molar-refractivity contribution in [2.24, 2.45) is 17.8 Å². The number of amides is 4. The topological polar surface area (TPSA) is 172 Å². The highest BCUT2D eigenvalue weighted by Crippen LogP contribution is 2.20. The number of ether oxygens (including phenoxy) is 2. The summed E-state index contributed by atoms with van der Waals surface area (Å²) in [5.74, 6) is -3.56. The van der Waals surface area contributed by atoms with Crippen molar-refractivity contribution in [1.82, 2.24) is 21.3 Å². The summed E-state index contributed by atoms with van der Waals surface area (Å²) in [6, 6.07) is 24.0. The van der Waals surface area contributed by atoms with E-state index in [2.05, 4.69) is 21.3 Å². The highest BCUT2D eigenvalue weighted by molar-refractivity contribution is 5.91. The van der Waals surface area contributed by atoms with Crippen LogP contribution in [0.3, 0.4) is 0 Å². The van der Waals surface area contributed by atoms with Crippen LogP contribution in [0, 0.1) is 17.8 Å². The summed E-state index contributed by atoms with van der Waals surface area (Å²) in [5, 5.41) is 22.8. The number of hydrogen-bond acceptors (Lipinski definition) is 8. The van der Waals surface area contributed by atoms with Gasteiger partial charge in [-0.15, -0.1) is 0 Å². The Morgan fingerprint density at radius 3 is 1.60 bits per heavy atom. The molecule has 3 rings (SSSR count). The third kappa shape index (κ3) is 14.0.